The Hall–Kier alpha value is -2.67. The topological polar surface area (TPSA) is 72.4 Å². The first-order valence-electron chi connectivity index (χ1n) is 9.23. The number of carbonyl (C=O) groups is 1. The zero-order valence-electron chi connectivity index (χ0n) is 16.2. The molecule has 1 amide bonds. The molecule has 1 aliphatic heterocycles. The van der Waals surface area contributed by atoms with Gasteiger partial charge >= 0.3 is 0 Å². The smallest absolute Gasteiger partial charge is 0.278 e. The number of hydrogen-bond donors (Lipinski definition) is 2. The highest BCUT2D eigenvalue weighted by molar-refractivity contribution is 6.01. The van der Waals surface area contributed by atoms with Crippen LogP contribution >= 0.6 is 0 Å². The zero-order chi connectivity index (χ0) is 20.0. The molecule has 2 aromatic rings. The lowest BCUT2D eigenvalue weighted by molar-refractivity contribution is 0.0364. The second-order valence-corrected chi connectivity index (χ2v) is 5.95. The molecule has 0 atom stereocenters. The fourth-order valence-electron chi connectivity index (χ4n) is 3.01. The maximum absolute atomic E-state index is 14.2. The quantitative estimate of drug-likeness (QED) is 0.782. The van der Waals surface area contributed by atoms with Crippen LogP contribution in [0.5, 0.6) is 0 Å². The number of carbonyl (C=O) groups excluding carboxylic acids is 1. The van der Waals surface area contributed by atoms with Crippen LogP contribution < -0.4 is 16.4 Å². The van der Waals surface area contributed by atoms with E-state index in [1.807, 2.05) is 13.8 Å². The SMILES string of the molecule is CC.CCONC(=O)c1c(Nc2ccc(C)cc2F)cc(=O)n2c1CCC2. The van der Waals surface area contributed by atoms with E-state index >= 15 is 0 Å². The van der Waals surface area contributed by atoms with E-state index in [0.29, 0.717) is 30.8 Å². The van der Waals surface area contributed by atoms with Gasteiger partial charge in [-0.3, -0.25) is 14.4 Å². The average Bonchev–Trinajstić information content (AvgIpc) is 3.14. The number of fused-ring (bicyclic) bond motifs is 1. The van der Waals surface area contributed by atoms with Crippen LogP contribution in [0.3, 0.4) is 0 Å². The molecular formula is C20H26FN3O3. The highest BCUT2D eigenvalue weighted by Crippen LogP contribution is 2.28. The van der Waals surface area contributed by atoms with Gasteiger partial charge < -0.3 is 9.88 Å². The predicted molar refractivity (Wildman–Crippen MR) is 104 cm³/mol. The van der Waals surface area contributed by atoms with Crippen LogP contribution in [0.4, 0.5) is 15.8 Å². The van der Waals surface area contributed by atoms with Gasteiger partial charge in [-0.1, -0.05) is 19.9 Å². The number of anilines is 2. The van der Waals surface area contributed by atoms with E-state index in [0.717, 1.165) is 12.0 Å². The van der Waals surface area contributed by atoms with Crippen molar-refractivity contribution in [3.8, 4) is 0 Å². The Morgan fingerprint density at radius 3 is 2.67 bits per heavy atom. The van der Waals surface area contributed by atoms with Gasteiger partial charge in [0.05, 0.1) is 23.5 Å². The van der Waals surface area contributed by atoms with E-state index < -0.39 is 11.7 Å². The van der Waals surface area contributed by atoms with E-state index in [2.05, 4.69) is 10.8 Å². The second-order valence-electron chi connectivity index (χ2n) is 5.95. The minimum absolute atomic E-state index is 0.207. The summed E-state index contributed by atoms with van der Waals surface area (Å²) in [6, 6.07) is 6.06. The molecule has 0 unspecified atom stereocenters. The summed E-state index contributed by atoms with van der Waals surface area (Å²) < 4.78 is 15.8. The molecule has 27 heavy (non-hydrogen) atoms. The van der Waals surface area contributed by atoms with E-state index in [1.165, 1.54) is 12.1 Å². The molecule has 0 saturated heterocycles. The van der Waals surface area contributed by atoms with Crippen molar-refractivity contribution in [2.75, 3.05) is 11.9 Å². The second kappa shape index (κ2) is 9.32. The van der Waals surface area contributed by atoms with Crippen LogP contribution in [0.15, 0.2) is 29.1 Å². The molecule has 2 N–H and O–H groups in total. The Labute approximate surface area is 158 Å². The van der Waals surface area contributed by atoms with Crippen LogP contribution in [0.1, 0.15) is 48.8 Å². The number of rotatable bonds is 5. The Morgan fingerprint density at radius 2 is 2.00 bits per heavy atom. The lowest BCUT2D eigenvalue weighted by Gasteiger charge is -2.16. The Bertz CT molecular complexity index is 878. The van der Waals surface area contributed by atoms with E-state index in [9.17, 15) is 14.0 Å². The molecule has 0 saturated carbocycles. The van der Waals surface area contributed by atoms with E-state index in [1.54, 1.807) is 30.5 Å². The number of halogens is 1. The molecule has 3 rings (SSSR count). The number of aromatic nitrogens is 1. The largest absolute Gasteiger partial charge is 0.352 e. The number of hydroxylamine groups is 1. The highest BCUT2D eigenvalue weighted by Gasteiger charge is 2.25. The third kappa shape index (κ3) is 4.54. The third-order valence-corrected chi connectivity index (χ3v) is 4.14. The van der Waals surface area contributed by atoms with Crippen molar-refractivity contribution < 1.29 is 14.0 Å². The van der Waals surface area contributed by atoms with Gasteiger partial charge in [-0.15, -0.1) is 0 Å². The molecule has 0 fully saturated rings. The zero-order valence-corrected chi connectivity index (χ0v) is 16.2. The van der Waals surface area contributed by atoms with Gasteiger partial charge in [0.2, 0.25) is 0 Å². The lowest BCUT2D eigenvalue weighted by atomic mass is 10.1. The molecular weight excluding hydrogens is 349 g/mol. The molecule has 0 radical (unpaired) electrons. The molecule has 1 aromatic carbocycles. The number of hydrogen-bond acceptors (Lipinski definition) is 4. The van der Waals surface area contributed by atoms with Gasteiger partial charge in [-0.2, -0.15) is 0 Å². The molecule has 1 aromatic heterocycles. The molecule has 7 heteroatoms. The Morgan fingerprint density at radius 1 is 1.26 bits per heavy atom. The summed E-state index contributed by atoms with van der Waals surface area (Å²) in [5, 5.41) is 2.89. The minimum atomic E-state index is -0.456. The monoisotopic (exact) mass is 375 g/mol. The van der Waals surface area contributed by atoms with Gasteiger partial charge in [-0.25, -0.2) is 9.87 Å². The summed E-state index contributed by atoms with van der Waals surface area (Å²) in [4.78, 5) is 29.9. The van der Waals surface area contributed by atoms with Gasteiger partial charge in [0.15, 0.2) is 0 Å². The van der Waals surface area contributed by atoms with Gasteiger partial charge in [-0.05, 0) is 44.4 Å². The molecule has 0 aliphatic carbocycles. The Balaban J connectivity index is 0.00000126. The average molecular weight is 375 g/mol. The normalized spacial score (nSPS) is 12.0. The Kier molecular flexibility index (Phi) is 7.12. The molecule has 0 bridgehead atoms. The summed E-state index contributed by atoms with van der Waals surface area (Å²) in [5.41, 5.74) is 4.36. The van der Waals surface area contributed by atoms with Crippen LogP contribution in [0, 0.1) is 12.7 Å². The van der Waals surface area contributed by atoms with Crippen LogP contribution in [0.2, 0.25) is 0 Å². The van der Waals surface area contributed by atoms with Gasteiger partial charge in [0.1, 0.15) is 5.82 Å². The molecule has 0 spiro atoms. The molecule has 1 aliphatic rings. The lowest BCUT2D eigenvalue weighted by Crippen LogP contribution is -2.29. The summed E-state index contributed by atoms with van der Waals surface area (Å²) >= 11 is 0. The van der Waals surface area contributed by atoms with Crippen molar-refractivity contribution in [2.45, 2.75) is 47.1 Å². The number of benzene rings is 1. The van der Waals surface area contributed by atoms with Crippen molar-refractivity contribution >= 4 is 17.3 Å². The maximum Gasteiger partial charge on any atom is 0.278 e. The van der Waals surface area contributed by atoms with Gasteiger partial charge in [0, 0.05) is 18.3 Å². The number of amides is 1. The van der Waals surface area contributed by atoms with Crippen LogP contribution in [0.25, 0.3) is 0 Å². The number of nitrogens with zero attached hydrogens (tertiary/aromatic N) is 1. The summed E-state index contributed by atoms with van der Waals surface area (Å²) in [6.45, 7) is 8.43. The van der Waals surface area contributed by atoms with Crippen LogP contribution in [-0.4, -0.2) is 17.1 Å². The minimum Gasteiger partial charge on any atom is -0.352 e. The van der Waals surface area contributed by atoms with Crippen molar-refractivity contribution in [1.29, 1.82) is 0 Å². The van der Waals surface area contributed by atoms with Crippen molar-refractivity contribution in [2.24, 2.45) is 0 Å². The van der Waals surface area contributed by atoms with E-state index in [-0.39, 0.29) is 16.9 Å². The van der Waals surface area contributed by atoms with Crippen molar-refractivity contribution in [3.05, 3.63) is 57.3 Å². The van der Waals surface area contributed by atoms with Crippen molar-refractivity contribution in [3.63, 3.8) is 0 Å². The summed E-state index contributed by atoms with van der Waals surface area (Å²) in [7, 11) is 0. The highest BCUT2D eigenvalue weighted by atomic mass is 19.1. The fourth-order valence-corrected chi connectivity index (χ4v) is 3.01. The predicted octanol–water partition coefficient (Wildman–Crippen LogP) is 3.69. The maximum atomic E-state index is 14.2. The first kappa shape index (κ1) is 20.6. The molecule has 2 heterocycles. The summed E-state index contributed by atoms with van der Waals surface area (Å²) in [5.74, 6) is -0.903. The third-order valence-electron chi connectivity index (χ3n) is 4.14. The first-order chi connectivity index (χ1) is 13.0. The molecule has 146 valence electrons. The number of aryl methyl sites for hydroxylation is 1. The van der Waals surface area contributed by atoms with Gasteiger partial charge in [0.25, 0.3) is 11.5 Å². The standard InChI is InChI=1S/C18H20FN3O3.C2H6/c1-3-25-21-18(24)17-14(10-16(23)22-8-4-5-15(17)22)20-13-7-6-11(2)9-12(13)19;1-2/h6-7,9-10,20H,3-5,8H2,1-2H3,(H,21,24);1-2H3. The van der Waals surface area contributed by atoms with Crippen molar-refractivity contribution in [1.82, 2.24) is 10.0 Å². The van der Waals surface area contributed by atoms with Crippen LogP contribution in [-0.2, 0) is 17.8 Å². The first-order valence-corrected chi connectivity index (χ1v) is 9.23. The number of nitrogens with one attached hydrogen (secondary N) is 2. The number of pyridine rings is 1. The van der Waals surface area contributed by atoms with E-state index in [4.69, 9.17) is 4.84 Å². The summed E-state index contributed by atoms with van der Waals surface area (Å²) in [6.07, 6.45) is 1.39. The molecule has 6 nitrogen and oxygen atoms in total. The fraction of sp³-hybridized carbons (Fsp3) is 0.400.